The van der Waals surface area contributed by atoms with Crippen molar-refractivity contribution < 1.29 is 4.79 Å². The number of halogens is 1. The van der Waals surface area contributed by atoms with E-state index in [2.05, 4.69) is 30.6 Å². The van der Waals surface area contributed by atoms with Gasteiger partial charge in [-0.25, -0.2) is 9.97 Å². The summed E-state index contributed by atoms with van der Waals surface area (Å²) in [5.41, 5.74) is 1.35. The van der Waals surface area contributed by atoms with Crippen LogP contribution < -0.4 is 15.5 Å². The number of nitrogens with zero attached hydrogens (tertiary/aromatic N) is 5. The van der Waals surface area contributed by atoms with Gasteiger partial charge in [0.1, 0.15) is 12.0 Å². The van der Waals surface area contributed by atoms with Gasteiger partial charge >= 0.3 is 0 Å². The number of rotatable bonds is 5. The molecule has 0 atom stereocenters. The molecule has 2 N–H and O–H groups in total. The third-order valence-corrected chi connectivity index (χ3v) is 4.75. The van der Waals surface area contributed by atoms with Crippen molar-refractivity contribution in [3.8, 4) is 0 Å². The highest BCUT2D eigenvalue weighted by Gasteiger charge is 2.23. The van der Waals surface area contributed by atoms with Crippen LogP contribution in [0.15, 0.2) is 18.7 Å². The summed E-state index contributed by atoms with van der Waals surface area (Å²) in [7, 11) is 3.61. The van der Waals surface area contributed by atoms with E-state index in [1.165, 1.54) is 6.33 Å². The van der Waals surface area contributed by atoms with E-state index in [1.54, 1.807) is 24.1 Å². The quantitative estimate of drug-likeness (QED) is 0.784. The van der Waals surface area contributed by atoms with Crippen LogP contribution in [0.1, 0.15) is 23.2 Å². The molecule has 0 radical (unpaired) electrons. The maximum absolute atomic E-state index is 12.1. The lowest BCUT2D eigenvalue weighted by atomic mass is 9.96. The number of nitrogens with one attached hydrogen (secondary N) is 2. The van der Waals surface area contributed by atoms with Gasteiger partial charge in [0, 0.05) is 39.9 Å². The number of anilines is 2. The Hall–Kier alpha value is -2.35. The number of carbonyl (C=O) groups excluding carboxylic acids is 1. The number of hydrogen-bond donors (Lipinski definition) is 2. The first-order valence-corrected chi connectivity index (χ1v) is 8.66. The first-order chi connectivity index (χ1) is 12.1. The van der Waals surface area contributed by atoms with Crippen molar-refractivity contribution in [1.82, 2.24) is 25.1 Å². The lowest BCUT2D eigenvalue weighted by Crippen LogP contribution is -2.39. The van der Waals surface area contributed by atoms with Crippen LogP contribution in [0.5, 0.6) is 0 Å². The molecule has 9 heteroatoms. The van der Waals surface area contributed by atoms with Gasteiger partial charge in [-0.1, -0.05) is 11.6 Å². The van der Waals surface area contributed by atoms with Crippen LogP contribution >= 0.6 is 11.6 Å². The van der Waals surface area contributed by atoms with Crippen molar-refractivity contribution in [3.05, 3.63) is 29.4 Å². The zero-order valence-electron chi connectivity index (χ0n) is 14.4. The predicted octanol–water partition coefficient (Wildman–Crippen LogP) is 1.55. The van der Waals surface area contributed by atoms with Crippen molar-refractivity contribution in [1.29, 1.82) is 0 Å². The Labute approximate surface area is 151 Å². The number of carbonyl (C=O) groups is 1. The van der Waals surface area contributed by atoms with E-state index in [9.17, 15) is 4.79 Å². The van der Waals surface area contributed by atoms with E-state index in [-0.39, 0.29) is 5.91 Å². The molecule has 0 bridgehead atoms. The van der Waals surface area contributed by atoms with Crippen LogP contribution in [0, 0.1) is 5.92 Å². The molecule has 1 amide bonds. The number of aromatic nitrogens is 4. The van der Waals surface area contributed by atoms with E-state index < -0.39 is 0 Å². The largest absolute Gasteiger partial charge is 0.383 e. The highest BCUT2D eigenvalue weighted by atomic mass is 35.5. The van der Waals surface area contributed by atoms with Crippen molar-refractivity contribution >= 4 is 29.0 Å². The van der Waals surface area contributed by atoms with Crippen LogP contribution in [0.25, 0.3) is 0 Å². The van der Waals surface area contributed by atoms with Gasteiger partial charge in [0.05, 0.1) is 11.8 Å². The molecule has 3 heterocycles. The Bertz CT molecular complexity index is 740. The number of piperidine rings is 1. The van der Waals surface area contributed by atoms with E-state index in [4.69, 9.17) is 11.6 Å². The van der Waals surface area contributed by atoms with E-state index in [1.807, 2.05) is 7.05 Å². The monoisotopic (exact) mass is 363 g/mol. The molecule has 1 aliphatic heterocycles. The summed E-state index contributed by atoms with van der Waals surface area (Å²) in [5, 5.41) is 10.5. The van der Waals surface area contributed by atoms with Crippen molar-refractivity contribution in [2.24, 2.45) is 13.0 Å². The molecule has 0 saturated carbocycles. The van der Waals surface area contributed by atoms with Crippen molar-refractivity contribution in [3.63, 3.8) is 0 Å². The van der Waals surface area contributed by atoms with Crippen LogP contribution in [-0.2, 0) is 7.05 Å². The summed E-state index contributed by atoms with van der Waals surface area (Å²) in [4.78, 5) is 22.7. The SMILES string of the molecule is CNc1c(Cl)ncnc1N1CCC(CNC(=O)c2cnn(C)c2)CC1. The molecule has 0 aliphatic carbocycles. The minimum atomic E-state index is -0.0735. The van der Waals surface area contributed by atoms with Crippen LogP contribution in [0.2, 0.25) is 5.15 Å². The zero-order chi connectivity index (χ0) is 17.8. The van der Waals surface area contributed by atoms with Crippen LogP contribution in [-0.4, -0.2) is 52.3 Å². The van der Waals surface area contributed by atoms with E-state index in [0.29, 0.717) is 23.2 Å². The van der Waals surface area contributed by atoms with Crippen LogP contribution in [0.4, 0.5) is 11.5 Å². The first kappa shape index (κ1) is 17.5. The standard InChI is InChI=1S/C16H22ClN7O/c1-18-13-14(17)20-10-21-15(13)24-5-3-11(4-6-24)7-19-16(25)12-8-22-23(2)9-12/h8-11,18H,3-7H2,1-2H3,(H,19,25). The average molecular weight is 364 g/mol. The van der Waals surface area contributed by atoms with Gasteiger partial charge < -0.3 is 15.5 Å². The molecule has 1 fully saturated rings. The summed E-state index contributed by atoms with van der Waals surface area (Å²) >= 11 is 6.13. The summed E-state index contributed by atoms with van der Waals surface area (Å²) < 4.78 is 1.62. The fourth-order valence-electron chi connectivity index (χ4n) is 3.04. The lowest BCUT2D eigenvalue weighted by molar-refractivity contribution is 0.0945. The molecule has 134 valence electrons. The maximum atomic E-state index is 12.1. The Kier molecular flexibility index (Phi) is 5.37. The number of hydrogen-bond acceptors (Lipinski definition) is 6. The molecule has 2 aromatic rings. The molecular weight excluding hydrogens is 342 g/mol. The van der Waals surface area contributed by atoms with Crippen molar-refractivity contribution in [2.45, 2.75) is 12.8 Å². The molecule has 8 nitrogen and oxygen atoms in total. The molecule has 25 heavy (non-hydrogen) atoms. The third-order valence-electron chi connectivity index (χ3n) is 4.46. The number of aryl methyl sites for hydroxylation is 1. The van der Waals surface area contributed by atoms with Gasteiger partial charge in [-0.15, -0.1) is 0 Å². The molecule has 3 rings (SSSR count). The van der Waals surface area contributed by atoms with Crippen molar-refractivity contribution in [2.75, 3.05) is 36.9 Å². The van der Waals surface area contributed by atoms with Gasteiger partial charge in [-0.05, 0) is 18.8 Å². The van der Waals surface area contributed by atoms with Gasteiger partial charge in [-0.3, -0.25) is 9.48 Å². The fourth-order valence-corrected chi connectivity index (χ4v) is 3.26. The molecule has 1 aliphatic rings. The summed E-state index contributed by atoms with van der Waals surface area (Å²) in [6, 6.07) is 0. The van der Waals surface area contributed by atoms with E-state index >= 15 is 0 Å². The second-order valence-corrected chi connectivity index (χ2v) is 6.51. The van der Waals surface area contributed by atoms with Crippen LogP contribution in [0.3, 0.4) is 0 Å². The van der Waals surface area contributed by atoms with E-state index in [0.717, 1.165) is 37.4 Å². The molecule has 0 aromatic carbocycles. The molecule has 1 saturated heterocycles. The lowest BCUT2D eigenvalue weighted by Gasteiger charge is -2.33. The minimum Gasteiger partial charge on any atom is -0.383 e. The third kappa shape index (κ3) is 4.01. The second-order valence-electron chi connectivity index (χ2n) is 6.16. The fraction of sp³-hybridized carbons (Fsp3) is 0.500. The summed E-state index contributed by atoms with van der Waals surface area (Å²) in [5.74, 6) is 1.21. The maximum Gasteiger partial charge on any atom is 0.254 e. The average Bonchev–Trinajstić information content (AvgIpc) is 3.06. The van der Waals surface area contributed by atoms with Gasteiger partial charge in [0.25, 0.3) is 5.91 Å². The highest BCUT2D eigenvalue weighted by molar-refractivity contribution is 6.32. The molecular formula is C16H22ClN7O. The normalized spacial score (nSPS) is 15.2. The topological polar surface area (TPSA) is 88.0 Å². The molecule has 0 spiro atoms. The second kappa shape index (κ2) is 7.69. The highest BCUT2D eigenvalue weighted by Crippen LogP contribution is 2.31. The molecule has 2 aromatic heterocycles. The summed E-state index contributed by atoms with van der Waals surface area (Å²) in [6.07, 6.45) is 6.75. The smallest absolute Gasteiger partial charge is 0.254 e. The minimum absolute atomic E-state index is 0.0735. The Morgan fingerprint density at radius 1 is 1.36 bits per heavy atom. The zero-order valence-corrected chi connectivity index (χ0v) is 15.1. The molecule has 0 unspecified atom stereocenters. The summed E-state index contributed by atoms with van der Waals surface area (Å²) in [6.45, 7) is 2.41. The van der Waals surface area contributed by atoms with Gasteiger partial charge in [0.2, 0.25) is 0 Å². The Morgan fingerprint density at radius 3 is 2.76 bits per heavy atom. The predicted molar refractivity (Wildman–Crippen MR) is 97.1 cm³/mol. The number of amides is 1. The first-order valence-electron chi connectivity index (χ1n) is 8.28. The van der Waals surface area contributed by atoms with Gasteiger partial charge in [-0.2, -0.15) is 5.10 Å². The Balaban J connectivity index is 1.52. The Morgan fingerprint density at radius 2 is 2.12 bits per heavy atom. The van der Waals surface area contributed by atoms with Gasteiger partial charge in [0.15, 0.2) is 11.0 Å².